The number of hydrogen-bond acceptors (Lipinski definition) is 1. The third-order valence-electron chi connectivity index (χ3n) is 3.72. The average molecular weight is 270 g/mol. The van der Waals surface area contributed by atoms with Crippen LogP contribution >= 0.6 is 0 Å². The van der Waals surface area contributed by atoms with Crippen molar-refractivity contribution in [3.63, 3.8) is 0 Å². The second-order valence-corrected chi connectivity index (χ2v) is 5.33. The molecule has 1 aromatic carbocycles. The van der Waals surface area contributed by atoms with Gasteiger partial charge in [-0.2, -0.15) is 8.78 Å². The van der Waals surface area contributed by atoms with Gasteiger partial charge in [-0.25, -0.2) is 0 Å². The Morgan fingerprint density at radius 1 is 1.11 bits per heavy atom. The highest BCUT2D eigenvalue weighted by Crippen LogP contribution is 2.32. The molecule has 1 aromatic rings. The summed E-state index contributed by atoms with van der Waals surface area (Å²) in [4.78, 5) is 0. The zero-order chi connectivity index (χ0) is 14.5. The van der Waals surface area contributed by atoms with Crippen molar-refractivity contribution in [2.75, 3.05) is 0 Å². The molecular formula is C16H24F2O. The zero-order valence-corrected chi connectivity index (χ0v) is 12.0. The first-order chi connectivity index (χ1) is 8.87. The van der Waals surface area contributed by atoms with Gasteiger partial charge in [0.05, 0.1) is 0 Å². The fraction of sp³-hybridized carbons (Fsp3) is 0.625. The third-order valence-corrected chi connectivity index (χ3v) is 3.72. The van der Waals surface area contributed by atoms with E-state index in [-0.39, 0.29) is 5.92 Å². The second kappa shape index (κ2) is 6.99. The van der Waals surface area contributed by atoms with Crippen molar-refractivity contribution >= 4 is 0 Å². The second-order valence-electron chi connectivity index (χ2n) is 5.33. The van der Waals surface area contributed by atoms with Gasteiger partial charge in [0.15, 0.2) is 0 Å². The van der Waals surface area contributed by atoms with Crippen molar-refractivity contribution in [2.24, 2.45) is 0 Å². The lowest BCUT2D eigenvalue weighted by atomic mass is 9.89. The molecule has 0 spiro atoms. The molecule has 0 aliphatic carbocycles. The molecule has 0 heterocycles. The van der Waals surface area contributed by atoms with E-state index in [1.54, 1.807) is 0 Å². The topological polar surface area (TPSA) is 20.2 Å². The van der Waals surface area contributed by atoms with Crippen LogP contribution < -0.4 is 0 Å². The standard InChI is InChI=1S/C16H24F2O/c1-4-6-15(11-16(17,18)19)14-9-7-13(8-10-14)12(3)5-2/h7-10,12,15,19H,4-6,11H2,1-3H3. The van der Waals surface area contributed by atoms with E-state index in [0.29, 0.717) is 12.3 Å². The molecule has 1 rings (SSSR count). The Morgan fingerprint density at radius 3 is 2.05 bits per heavy atom. The Labute approximate surface area is 114 Å². The predicted octanol–water partition coefficient (Wildman–Crippen LogP) is 5.06. The summed E-state index contributed by atoms with van der Waals surface area (Å²) in [6.07, 6.45) is -1.53. The van der Waals surface area contributed by atoms with Crippen molar-refractivity contribution in [3.05, 3.63) is 35.4 Å². The predicted molar refractivity (Wildman–Crippen MR) is 74.6 cm³/mol. The molecule has 2 atom stereocenters. The summed E-state index contributed by atoms with van der Waals surface area (Å²) >= 11 is 0. The highest BCUT2D eigenvalue weighted by atomic mass is 19.3. The molecule has 0 aliphatic heterocycles. The van der Waals surface area contributed by atoms with Crippen LogP contribution in [0.3, 0.4) is 0 Å². The lowest BCUT2D eigenvalue weighted by Crippen LogP contribution is -2.19. The molecule has 1 nitrogen and oxygen atoms in total. The van der Waals surface area contributed by atoms with E-state index in [4.69, 9.17) is 5.11 Å². The molecule has 0 saturated carbocycles. The average Bonchev–Trinajstić information content (AvgIpc) is 2.36. The number of hydrogen-bond donors (Lipinski definition) is 1. The van der Waals surface area contributed by atoms with Crippen LogP contribution in [0.1, 0.15) is 69.4 Å². The molecule has 0 aromatic heterocycles. The third kappa shape index (κ3) is 5.27. The van der Waals surface area contributed by atoms with Gasteiger partial charge in [-0.3, -0.25) is 0 Å². The number of aliphatic hydroxyl groups is 1. The van der Waals surface area contributed by atoms with E-state index >= 15 is 0 Å². The monoisotopic (exact) mass is 270 g/mol. The summed E-state index contributed by atoms with van der Waals surface area (Å²) in [6.45, 7) is 6.25. The normalized spacial score (nSPS) is 15.3. The summed E-state index contributed by atoms with van der Waals surface area (Å²) in [5.41, 5.74) is 2.12. The van der Waals surface area contributed by atoms with E-state index in [0.717, 1.165) is 18.4 Å². The largest absolute Gasteiger partial charge is 0.353 e. The van der Waals surface area contributed by atoms with Gasteiger partial charge in [0.25, 0.3) is 0 Å². The lowest BCUT2D eigenvalue weighted by Gasteiger charge is -2.20. The van der Waals surface area contributed by atoms with Crippen molar-refractivity contribution in [1.29, 1.82) is 0 Å². The number of alkyl halides is 2. The molecule has 0 radical (unpaired) electrons. The highest BCUT2D eigenvalue weighted by molar-refractivity contribution is 5.27. The van der Waals surface area contributed by atoms with E-state index in [9.17, 15) is 8.78 Å². The quantitative estimate of drug-likeness (QED) is 0.734. The summed E-state index contributed by atoms with van der Waals surface area (Å²) in [6, 6.07) is 7.88. The van der Waals surface area contributed by atoms with Crippen molar-refractivity contribution in [2.45, 2.75) is 64.4 Å². The first-order valence-corrected chi connectivity index (χ1v) is 7.07. The lowest BCUT2D eigenvalue weighted by molar-refractivity contribution is -0.206. The Hall–Kier alpha value is -0.960. The summed E-state index contributed by atoms with van der Waals surface area (Å²) in [7, 11) is 0. The maximum atomic E-state index is 12.8. The zero-order valence-electron chi connectivity index (χ0n) is 12.0. The van der Waals surface area contributed by atoms with Crippen molar-refractivity contribution < 1.29 is 13.9 Å². The number of halogens is 2. The van der Waals surface area contributed by atoms with E-state index in [1.807, 2.05) is 31.2 Å². The van der Waals surface area contributed by atoms with Crippen LogP contribution in [0, 0.1) is 0 Å². The molecule has 0 saturated heterocycles. The van der Waals surface area contributed by atoms with Gasteiger partial charge >= 0.3 is 6.11 Å². The number of benzene rings is 1. The SMILES string of the molecule is CCCC(CC(O)(F)F)c1ccc(C(C)CC)cc1. The maximum absolute atomic E-state index is 12.8. The first kappa shape index (κ1) is 16.1. The minimum absolute atomic E-state index is 0.281. The molecule has 0 amide bonds. The summed E-state index contributed by atoms with van der Waals surface area (Å²) < 4.78 is 25.6. The van der Waals surface area contributed by atoms with Crippen molar-refractivity contribution in [3.8, 4) is 0 Å². The van der Waals surface area contributed by atoms with Gasteiger partial charge < -0.3 is 5.11 Å². The van der Waals surface area contributed by atoms with Gasteiger partial charge in [0.2, 0.25) is 0 Å². The van der Waals surface area contributed by atoms with Gasteiger partial charge in [0, 0.05) is 6.42 Å². The van der Waals surface area contributed by atoms with Gasteiger partial charge in [-0.05, 0) is 35.8 Å². The fourth-order valence-corrected chi connectivity index (χ4v) is 2.36. The summed E-state index contributed by atoms with van der Waals surface area (Å²) in [5, 5.41) is 8.72. The van der Waals surface area contributed by atoms with Crippen LogP contribution in [-0.4, -0.2) is 11.2 Å². The van der Waals surface area contributed by atoms with Crippen LogP contribution in [0.5, 0.6) is 0 Å². The molecule has 19 heavy (non-hydrogen) atoms. The smallest absolute Gasteiger partial charge is 0.336 e. The molecule has 0 aliphatic rings. The highest BCUT2D eigenvalue weighted by Gasteiger charge is 2.29. The minimum Gasteiger partial charge on any atom is -0.336 e. The molecular weight excluding hydrogens is 246 g/mol. The Kier molecular flexibility index (Phi) is 5.92. The molecule has 0 fully saturated rings. The minimum atomic E-state index is -3.59. The molecule has 1 N–H and O–H groups in total. The van der Waals surface area contributed by atoms with Crippen LogP contribution in [0.25, 0.3) is 0 Å². The Balaban J connectivity index is 2.85. The Morgan fingerprint density at radius 2 is 1.63 bits per heavy atom. The van der Waals surface area contributed by atoms with Crippen LogP contribution in [0.2, 0.25) is 0 Å². The van der Waals surface area contributed by atoms with E-state index < -0.39 is 12.5 Å². The van der Waals surface area contributed by atoms with E-state index in [2.05, 4.69) is 13.8 Å². The van der Waals surface area contributed by atoms with Crippen LogP contribution in [0.15, 0.2) is 24.3 Å². The maximum Gasteiger partial charge on any atom is 0.353 e. The van der Waals surface area contributed by atoms with Gasteiger partial charge in [-0.15, -0.1) is 0 Å². The summed E-state index contributed by atoms with van der Waals surface area (Å²) in [5.74, 6) is 0.203. The van der Waals surface area contributed by atoms with Crippen LogP contribution in [0.4, 0.5) is 8.78 Å². The fourth-order valence-electron chi connectivity index (χ4n) is 2.36. The van der Waals surface area contributed by atoms with Crippen LogP contribution in [-0.2, 0) is 0 Å². The molecule has 3 heteroatoms. The number of rotatable bonds is 7. The molecule has 108 valence electrons. The van der Waals surface area contributed by atoms with E-state index in [1.165, 1.54) is 5.56 Å². The first-order valence-electron chi connectivity index (χ1n) is 7.07. The molecule has 0 bridgehead atoms. The van der Waals surface area contributed by atoms with Gasteiger partial charge in [-0.1, -0.05) is 51.5 Å². The molecule has 2 unspecified atom stereocenters. The van der Waals surface area contributed by atoms with Gasteiger partial charge in [0.1, 0.15) is 0 Å². The van der Waals surface area contributed by atoms with Crippen molar-refractivity contribution in [1.82, 2.24) is 0 Å². The Bertz CT molecular complexity index is 367.